The zero-order chi connectivity index (χ0) is 25.7. The van der Waals surface area contributed by atoms with Crippen LogP contribution in [0.25, 0.3) is 0 Å². The molecule has 2 aromatic rings. The Labute approximate surface area is 210 Å². The molecule has 36 heavy (non-hydrogen) atoms. The molecule has 2 N–H and O–H groups in total. The minimum Gasteiger partial charge on any atom is -0.508 e. The Hall–Kier alpha value is -2.73. The number of hydrogen-bond acceptors (Lipinski definition) is 7. The van der Waals surface area contributed by atoms with Crippen LogP contribution in [-0.2, 0) is 14.8 Å². The predicted octanol–water partition coefficient (Wildman–Crippen LogP) is 2.56. The molecule has 0 spiro atoms. The van der Waals surface area contributed by atoms with Gasteiger partial charge in [0.2, 0.25) is 10.0 Å². The van der Waals surface area contributed by atoms with E-state index >= 15 is 0 Å². The molecular weight excluding hydrogens is 489 g/mol. The van der Waals surface area contributed by atoms with Crippen LogP contribution in [0, 0.1) is 5.82 Å². The summed E-state index contributed by atoms with van der Waals surface area (Å²) in [7, 11) is -4.11. The molecule has 2 atom stereocenters. The van der Waals surface area contributed by atoms with Crippen LogP contribution in [-0.4, -0.2) is 90.8 Å². The quantitative estimate of drug-likeness (QED) is 0.576. The van der Waals surface area contributed by atoms with Crippen LogP contribution in [0.5, 0.6) is 5.75 Å². The highest BCUT2D eigenvalue weighted by atomic mass is 32.2. The summed E-state index contributed by atoms with van der Waals surface area (Å²) in [5.74, 6) is -0.561. The van der Waals surface area contributed by atoms with Crippen molar-refractivity contribution in [2.75, 3.05) is 45.9 Å². The number of piperidine rings is 1. The fraction of sp³-hybridized carbons (Fsp3) is 0.480. The van der Waals surface area contributed by atoms with E-state index in [0.717, 1.165) is 0 Å². The average Bonchev–Trinajstić information content (AvgIpc) is 2.88. The van der Waals surface area contributed by atoms with E-state index in [-0.39, 0.29) is 29.4 Å². The normalized spacial score (nSPS) is 21.9. The van der Waals surface area contributed by atoms with Crippen LogP contribution in [0.2, 0.25) is 0 Å². The maximum atomic E-state index is 14.8. The van der Waals surface area contributed by atoms with E-state index in [0.29, 0.717) is 52.0 Å². The fourth-order valence-electron chi connectivity index (χ4n) is 4.91. The van der Waals surface area contributed by atoms with Crippen LogP contribution in [0.1, 0.15) is 30.9 Å². The minimum atomic E-state index is -4.11. The van der Waals surface area contributed by atoms with E-state index < -0.39 is 34.0 Å². The third-order valence-electron chi connectivity index (χ3n) is 6.80. The van der Waals surface area contributed by atoms with Crippen molar-refractivity contribution in [1.82, 2.24) is 14.1 Å². The predicted molar refractivity (Wildman–Crippen MR) is 130 cm³/mol. The summed E-state index contributed by atoms with van der Waals surface area (Å²) < 4.78 is 49.2. The SMILES string of the molecule is O=C(OC[C@H]1CCCC(c2ccccc2F)N1S(=O)(=O)c1ccc(O)cc1)N1CCN(CCO)CC1. The summed E-state index contributed by atoms with van der Waals surface area (Å²) in [5.41, 5.74) is 0.274. The maximum absolute atomic E-state index is 14.8. The van der Waals surface area contributed by atoms with Gasteiger partial charge in [-0.2, -0.15) is 4.31 Å². The number of carbonyl (C=O) groups excluding carboxylic acids is 1. The Kier molecular flexibility index (Phi) is 8.45. The van der Waals surface area contributed by atoms with Crippen LogP contribution >= 0.6 is 0 Å². The van der Waals surface area contributed by atoms with Gasteiger partial charge in [0.15, 0.2) is 0 Å². The highest BCUT2D eigenvalue weighted by molar-refractivity contribution is 7.89. The topological polar surface area (TPSA) is 111 Å². The first kappa shape index (κ1) is 26.3. The van der Waals surface area contributed by atoms with Crippen LogP contribution in [0.4, 0.5) is 9.18 Å². The van der Waals surface area contributed by atoms with Crippen molar-refractivity contribution in [3.63, 3.8) is 0 Å². The highest BCUT2D eigenvalue weighted by Crippen LogP contribution is 2.40. The van der Waals surface area contributed by atoms with E-state index in [1.54, 1.807) is 23.1 Å². The van der Waals surface area contributed by atoms with E-state index in [2.05, 4.69) is 4.90 Å². The molecular formula is C25H32FN3O6S. The molecule has 2 saturated heterocycles. The fourth-order valence-corrected chi connectivity index (χ4v) is 6.74. The number of rotatable bonds is 7. The summed E-state index contributed by atoms with van der Waals surface area (Å²) in [6, 6.07) is 9.89. The molecule has 0 aliphatic carbocycles. The Morgan fingerprint density at radius 2 is 1.72 bits per heavy atom. The van der Waals surface area contributed by atoms with Gasteiger partial charge in [-0.15, -0.1) is 0 Å². The smallest absolute Gasteiger partial charge is 0.409 e. The summed E-state index contributed by atoms with van der Waals surface area (Å²) in [5, 5.41) is 18.7. The molecule has 0 saturated carbocycles. The molecule has 0 bridgehead atoms. The van der Waals surface area contributed by atoms with Crippen LogP contribution in [0.3, 0.4) is 0 Å². The summed E-state index contributed by atoms with van der Waals surface area (Å²) in [4.78, 5) is 16.4. The number of piperazine rings is 1. The van der Waals surface area contributed by atoms with Crippen molar-refractivity contribution in [2.45, 2.75) is 36.2 Å². The van der Waals surface area contributed by atoms with Gasteiger partial charge in [0, 0.05) is 38.3 Å². The number of hydrogen-bond donors (Lipinski definition) is 2. The zero-order valence-electron chi connectivity index (χ0n) is 20.0. The Morgan fingerprint density at radius 1 is 1.03 bits per heavy atom. The first-order chi connectivity index (χ1) is 17.3. The van der Waals surface area contributed by atoms with Crippen LogP contribution < -0.4 is 0 Å². The maximum Gasteiger partial charge on any atom is 0.409 e. The number of halogens is 1. The van der Waals surface area contributed by atoms with E-state index in [1.165, 1.54) is 34.6 Å². The second-order valence-electron chi connectivity index (χ2n) is 9.08. The molecule has 1 amide bonds. The summed E-state index contributed by atoms with van der Waals surface area (Å²) >= 11 is 0. The lowest BCUT2D eigenvalue weighted by atomic mass is 9.93. The largest absolute Gasteiger partial charge is 0.508 e. The zero-order valence-corrected chi connectivity index (χ0v) is 20.8. The number of benzene rings is 2. The third-order valence-corrected chi connectivity index (χ3v) is 8.78. The number of aromatic hydroxyl groups is 1. The Balaban J connectivity index is 1.56. The molecule has 0 radical (unpaired) electrons. The summed E-state index contributed by atoms with van der Waals surface area (Å²) in [6.45, 7) is 2.60. The summed E-state index contributed by atoms with van der Waals surface area (Å²) in [6.07, 6.45) is 1.01. The number of sulfonamides is 1. The highest BCUT2D eigenvalue weighted by Gasteiger charge is 2.42. The molecule has 2 aliphatic rings. The van der Waals surface area contributed by atoms with E-state index in [1.807, 2.05) is 0 Å². The molecule has 2 aromatic carbocycles. The lowest BCUT2D eigenvalue weighted by Crippen LogP contribution is -2.51. The van der Waals surface area contributed by atoms with Crippen molar-refractivity contribution in [1.29, 1.82) is 0 Å². The molecule has 2 aliphatic heterocycles. The minimum absolute atomic E-state index is 0.0279. The van der Waals surface area contributed by atoms with Crippen molar-refractivity contribution in [2.24, 2.45) is 0 Å². The molecule has 11 heteroatoms. The molecule has 196 valence electrons. The van der Waals surface area contributed by atoms with E-state index in [4.69, 9.17) is 9.84 Å². The molecule has 4 rings (SSSR count). The number of aliphatic hydroxyl groups excluding tert-OH is 1. The van der Waals surface area contributed by atoms with Gasteiger partial charge in [-0.25, -0.2) is 17.6 Å². The number of aliphatic hydroxyl groups is 1. The van der Waals surface area contributed by atoms with Crippen LogP contribution in [0.15, 0.2) is 53.4 Å². The van der Waals surface area contributed by atoms with Gasteiger partial charge < -0.3 is 19.8 Å². The van der Waals surface area contributed by atoms with Crippen molar-refractivity contribution in [3.8, 4) is 5.75 Å². The number of phenols is 1. The second kappa shape index (κ2) is 11.5. The Morgan fingerprint density at radius 3 is 2.39 bits per heavy atom. The van der Waals surface area contributed by atoms with Gasteiger partial charge in [-0.1, -0.05) is 18.2 Å². The van der Waals surface area contributed by atoms with Gasteiger partial charge in [0.25, 0.3) is 0 Å². The van der Waals surface area contributed by atoms with Gasteiger partial charge >= 0.3 is 6.09 Å². The molecule has 2 heterocycles. The monoisotopic (exact) mass is 521 g/mol. The standard InChI is InChI=1S/C25H32FN3O6S/c26-23-6-2-1-5-22(23)24-7-3-4-19(29(24)36(33,34)21-10-8-20(31)9-11-21)18-35-25(32)28-14-12-27(13-15-28)16-17-30/h1-2,5-6,8-11,19,24,30-31H,3-4,7,12-18H2/t19-,24?/m1/s1. The first-order valence-electron chi connectivity index (χ1n) is 12.1. The van der Waals surface area contributed by atoms with Gasteiger partial charge in [-0.05, 0) is 49.6 Å². The molecule has 0 aromatic heterocycles. The third kappa shape index (κ3) is 5.80. The van der Waals surface area contributed by atoms with Crippen molar-refractivity contribution < 1.29 is 32.6 Å². The lowest BCUT2D eigenvalue weighted by molar-refractivity contribution is 0.0463. The number of phenolic OH excluding ortho intramolecular Hbond substituents is 1. The van der Waals surface area contributed by atoms with Crippen molar-refractivity contribution in [3.05, 3.63) is 59.9 Å². The number of amides is 1. The lowest BCUT2D eigenvalue weighted by Gasteiger charge is -2.41. The second-order valence-corrected chi connectivity index (χ2v) is 10.9. The van der Waals surface area contributed by atoms with Crippen molar-refractivity contribution >= 4 is 16.1 Å². The van der Waals surface area contributed by atoms with Gasteiger partial charge in [0.1, 0.15) is 18.2 Å². The number of carbonyl (C=O) groups is 1. The number of ether oxygens (including phenoxy) is 1. The molecule has 2 fully saturated rings. The van der Waals surface area contributed by atoms with E-state index in [9.17, 15) is 22.7 Å². The number of nitrogens with zero attached hydrogens (tertiary/aromatic N) is 3. The number of β-amino-alcohol motifs (C(OH)–C–C–N with tert-alkyl or cyclic N) is 1. The average molecular weight is 522 g/mol. The molecule has 9 nitrogen and oxygen atoms in total. The van der Waals surface area contributed by atoms with Gasteiger partial charge in [0.05, 0.1) is 23.6 Å². The molecule has 1 unspecified atom stereocenters. The first-order valence-corrected chi connectivity index (χ1v) is 13.6. The van der Waals surface area contributed by atoms with Gasteiger partial charge in [-0.3, -0.25) is 4.90 Å². The Bertz CT molecular complexity index is 1140.